The minimum atomic E-state index is -0.843. The molecule has 1 amide bonds. The van der Waals surface area contributed by atoms with Gasteiger partial charge in [0.15, 0.2) is 11.6 Å². The lowest BCUT2D eigenvalue weighted by Crippen LogP contribution is -2.34. The number of benzene rings is 2. The first kappa shape index (κ1) is 22.0. The topological polar surface area (TPSA) is 67.6 Å². The molecule has 2 aromatic carbocycles. The number of halogens is 2. The Balaban J connectivity index is 1.34. The molecule has 168 valence electrons. The van der Waals surface area contributed by atoms with Crippen molar-refractivity contribution in [3.8, 4) is 5.75 Å². The summed E-state index contributed by atoms with van der Waals surface area (Å²) >= 11 is 0. The van der Waals surface area contributed by atoms with Crippen LogP contribution in [0.25, 0.3) is 0 Å². The molecule has 1 N–H and O–H groups in total. The van der Waals surface area contributed by atoms with Crippen molar-refractivity contribution >= 4 is 5.91 Å². The highest BCUT2D eigenvalue weighted by Gasteiger charge is 2.25. The van der Waals surface area contributed by atoms with Crippen LogP contribution in [0.2, 0.25) is 0 Å². The van der Waals surface area contributed by atoms with E-state index in [4.69, 9.17) is 9.26 Å². The molecule has 0 aliphatic carbocycles. The van der Waals surface area contributed by atoms with Crippen LogP contribution in [0.1, 0.15) is 46.1 Å². The van der Waals surface area contributed by atoms with E-state index in [0.29, 0.717) is 19.6 Å². The van der Waals surface area contributed by atoms with E-state index in [0.717, 1.165) is 48.0 Å². The number of carbonyl (C=O) groups is 1. The predicted octanol–water partition coefficient (Wildman–Crippen LogP) is 4.27. The SMILES string of the molecule is COc1cccc(CNC(=O)c2cc(C3CCCN(Cc4ccc(F)c(F)c4)C3)no2)c1. The molecule has 1 saturated heterocycles. The zero-order valence-corrected chi connectivity index (χ0v) is 17.8. The predicted molar refractivity (Wildman–Crippen MR) is 114 cm³/mol. The number of hydrogen-bond donors (Lipinski definition) is 1. The average molecular weight is 441 g/mol. The normalized spacial score (nSPS) is 16.7. The molecule has 2 heterocycles. The molecular formula is C24H25F2N3O3. The smallest absolute Gasteiger partial charge is 0.290 e. The molecule has 1 aromatic heterocycles. The van der Waals surface area contributed by atoms with Gasteiger partial charge in [-0.3, -0.25) is 9.69 Å². The van der Waals surface area contributed by atoms with Crippen molar-refractivity contribution in [2.75, 3.05) is 20.2 Å². The lowest BCUT2D eigenvalue weighted by Gasteiger charge is -2.31. The number of aromatic nitrogens is 1. The first-order chi connectivity index (χ1) is 15.5. The minimum absolute atomic E-state index is 0.109. The second-order valence-corrected chi connectivity index (χ2v) is 7.97. The Morgan fingerprint density at radius 1 is 1.19 bits per heavy atom. The maximum absolute atomic E-state index is 13.5. The Bertz CT molecular complexity index is 1090. The number of rotatable bonds is 7. The number of piperidine rings is 1. The largest absolute Gasteiger partial charge is 0.497 e. The molecule has 1 fully saturated rings. The second kappa shape index (κ2) is 9.91. The standard InChI is InChI=1S/C24H25F2N3O3/c1-31-19-6-2-4-16(10-19)13-27-24(30)23-12-22(28-32-23)18-5-3-9-29(15-18)14-17-7-8-20(25)21(26)11-17/h2,4,6-8,10-12,18H,3,5,9,13-15H2,1H3,(H,27,30). The van der Waals surface area contributed by atoms with Gasteiger partial charge in [-0.25, -0.2) is 8.78 Å². The van der Waals surface area contributed by atoms with Crippen molar-refractivity contribution in [3.05, 3.63) is 82.7 Å². The Labute approximate surface area is 185 Å². The van der Waals surface area contributed by atoms with Crippen LogP contribution in [-0.2, 0) is 13.1 Å². The Morgan fingerprint density at radius 3 is 2.88 bits per heavy atom. The summed E-state index contributed by atoms with van der Waals surface area (Å²) in [5, 5.41) is 6.95. The number of nitrogens with one attached hydrogen (secondary N) is 1. The molecular weight excluding hydrogens is 416 g/mol. The highest BCUT2D eigenvalue weighted by atomic mass is 19.2. The van der Waals surface area contributed by atoms with Crippen molar-refractivity contribution in [2.24, 2.45) is 0 Å². The van der Waals surface area contributed by atoms with E-state index in [-0.39, 0.29) is 17.6 Å². The van der Waals surface area contributed by atoms with Gasteiger partial charge in [-0.2, -0.15) is 0 Å². The number of methoxy groups -OCH3 is 1. The quantitative estimate of drug-likeness (QED) is 0.593. The first-order valence-corrected chi connectivity index (χ1v) is 10.6. The maximum Gasteiger partial charge on any atom is 0.290 e. The molecule has 3 aromatic rings. The van der Waals surface area contributed by atoms with Crippen molar-refractivity contribution in [2.45, 2.75) is 31.8 Å². The summed E-state index contributed by atoms with van der Waals surface area (Å²) in [6.45, 7) is 2.44. The molecule has 1 atom stereocenters. The van der Waals surface area contributed by atoms with Crippen LogP contribution in [0.15, 0.2) is 53.1 Å². The van der Waals surface area contributed by atoms with Crippen molar-refractivity contribution in [3.63, 3.8) is 0 Å². The van der Waals surface area contributed by atoms with Gasteiger partial charge in [0.05, 0.1) is 12.8 Å². The Hall–Kier alpha value is -3.26. The van der Waals surface area contributed by atoms with Gasteiger partial charge in [0.2, 0.25) is 5.76 Å². The fourth-order valence-corrected chi connectivity index (χ4v) is 3.98. The van der Waals surface area contributed by atoms with Gasteiger partial charge in [-0.1, -0.05) is 23.4 Å². The van der Waals surface area contributed by atoms with E-state index in [9.17, 15) is 13.6 Å². The second-order valence-electron chi connectivity index (χ2n) is 7.97. The van der Waals surface area contributed by atoms with E-state index in [2.05, 4.69) is 15.4 Å². The number of likely N-dealkylation sites (tertiary alicyclic amines) is 1. The van der Waals surface area contributed by atoms with Gasteiger partial charge in [-0.05, 0) is 54.8 Å². The molecule has 1 aliphatic rings. The molecule has 4 rings (SSSR count). The van der Waals surface area contributed by atoms with Gasteiger partial charge in [0.25, 0.3) is 5.91 Å². The molecule has 8 heteroatoms. The van der Waals surface area contributed by atoms with Crippen LogP contribution < -0.4 is 10.1 Å². The maximum atomic E-state index is 13.5. The summed E-state index contributed by atoms with van der Waals surface area (Å²) in [4.78, 5) is 14.7. The van der Waals surface area contributed by atoms with Crippen LogP contribution in [0.5, 0.6) is 5.75 Å². The molecule has 32 heavy (non-hydrogen) atoms. The lowest BCUT2D eigenvalue weighted by atomic mass is 9.94. The number of amides is 1. The van der Waals surface area contributed by atoms with Crippen molar-refractivity contribution in [1.29, 1.82) is 0 Å². The third kappa shape index (κ3) is 5.31. The number of ether oxygens (including phenoxy) is 1. The summed E-state index contributed by atoms with van der Waals surface area (Å²) in [6.07, 6.45) is 1.87. The van der Waals surface area contributed by atoms with Crippen LogP contribution >= 0.6 is 0 Å². The van der Waals surface area contributed by atoms with E-state index >= 15 is 0 Å². The van der Waals surface area contributed by atoms with Gasteiger partial charge >= 0.3 is 0 Å². The zero-order valence-electron chi connectivity index (χ0n) is 17.8. The highest BCUT2D eigenvalue weighted by Crippen LogP contribution is 2.28. The third-order valence-electron chi connectivity index (χ3n) is 5.65. The van der Waals surface area contributed by atoms with E-state index in [1.54, 1.807) is 19.2 Å². The highest BCUT2D eigenvalue weighted by molar-refractivity contribution is 5.91. The minimum Gasteiger partial charge on any atom is -0.497 e. The monoisotopic (exact) mass is 441 g/mol. The van der Waals surface area contributed by atoms with Crippen LogP contribution in [0.3, 0.4) is 0 Å². The molecule has 0 bridgehead atoms. The molecule has 0 radical (unpaired) electrons. The molecule has 0 spiro atoms. The van der Waals surface area contributed by atoms with E-state index in [1.807, 2.05) is 24.3 Å². The van der Waals surface area contributed by atoms with Crippen molar-refractivity contribution in [1.82, 2.24) is 15.4 Å². The summed E-state index contributed by atoms with van der Waals surface area (Å²) < 4.78 is 37.2. The molecule has 1 aliphatic heterocycles. The lowest BCUT2D eigenvalue weighted by molar-refractivity contribution is 0.0913. The molecule has 6 nitrogen and oxygen atoms in total. The number of carbonyl (C=O) groups excluding carboxylic acids is 1. The fraction of sp³-hybridized carbons (Fsp3) is 0.333. The number of hydrogen-bond acceptors (Lipinski definition) is 5. The number of nitrogens with zero attached hydrogens (tertiary/aromatic N) is 2. The zero-order chi connectivity index (χ0) is 22.5. The Kier molecular flexibility index (Phi) is 6.80. The average Bonchev–Trinajstić information content (AvgIpc) is 3.31. The fourth-order valence-electron chi connectivity index (χ4n) is 3.98. The summed E-state index contributed by atoms with van der Waals surface area (Å²) in [5.41, 5.74) is 2.37. The molecule has 0 saturated carbocycles. The summed E-state index contributed by atoms with van der Waals surface area (Å²) in [6, 6.07) is 13.1. The third-order valence-corrected chi connectivity index (χ3v) is 5.65. The van der Waals surface area contributed by atoms with E-state index < -0.39 is 11.6 Å². The van der Waals surface area contributed by atoms with E-state index in [1.165, 1.54) is 6.07 Å². The Morgan fingerprint density at radius 2 is 2.06 bits per heavy atom. The van der Waals surface area contributed by atoms with Gasteiger partial charge < -0.3 is 14.6 Å². The first-order valence-electron chi connectivity index (χ1n) is 10.6. The van der Waals surface area contributed by atoms with Crippen LogP contribution in [-0.4, -0.2) is 36.2 Å². The van der Waals surface area contributed by atoms with Crippen LogP contribution in [0.4, 0.5) is 8.78 Å². The van der Waals surface area contributed by atoms with Gasteiger partial charge in [0.1, 0.15) is 5.75 Å². The summed E-state index contributed by atoms with van der Waals surface area (Å²) in [7, 11) is 1.60. The molecule has 1 unspecified atom stereocenters. The van der Waals surface area contributed by atoms with Gasteiger partial charge in [0, 0.05) is 31.6 Å². The van der Waals surface area contributed by atoms with Gasteiger partial charge in [-0.15, -0.1) is 0 Å². The van der Waals surface area contributed by atoms with Crippen molar-refractivity contribution < 1.29 is 22.8 Å². The van der Waals surface area contributed by atoms with Crippen LogP contribution in [0, 0.1) is 11.6 Å². The summed E-state index contributed by atoms with van der Waals surface area (Å²) in [5.74, 6) is -1.01.